The maximum absolute atomic E-state index is 10.8. The first-order valence-electron chi connectivity index (χ1n) is 5.36. The Morgan fingerprint density at radius 2 is 2.25 bits per heavy atom. The van der Waals surface area contributed by atoms with E-state index in [0.29, 0.717) is 0 Å². The molecule has 1 aromatic rings. The van der Waals surface area contributed by atoms with Gasteiger partial charge in [-0.1, -0.05) is 0 Å². The first-order chi connectivity index (χ1) is 7.66. The molecule has 1 aliphatic heterocycles. The van der Waals surface area contributed by atoms with Crippen LogP contribution in [0.1, 0.15) is 16.2 Å². The third kappa shape index (κ3) is 2.40. The number of piperazine rings is 1. The van der Waals surface area contributed by atoms with Gasteiger partial charge in [-0.2, -0.15) is 5.10 Å². The van der Waals surface area contributed by atoms with Crippen molar-refractivity contribution in [3.63, 3.8) is 0 Å². The van der Waals surface area contributed by atoms with E-state index in [4.69, 9.17) is 5.11 Å². The summed E-state index contributed by atoms with van der Waals surface area (Å²) >= 11 is 0. The molecule has 0 aromatic carbocycles. The third-order valence-electron chi connectivity index (χ3n) is 2.74. The highest BCUT2D eigenvalue weighted by atomic mass is 16.4. The van der Waals surface area contributed by atoms with E-state index in [2.05, 4.69) is 15.3 Å². The molecule has 0 unspecified atom stereocenters. The van der Waals surface area contributed by atoms with E-state index in [1.807, 2.05) is 0 Å². The summed E-state index contributed by atoms with van der Waals surface area (Å²) in [5.74, 6) is -0.929. The Kier molecular flexibility index (Phi) is 3.21. The monoisotopic (exact) mass is 224 g/mol. The van der Waals surface area contributed by atoms with Crippen LogP contribution in [0.5, 0.6) is 0 Å². The molecular weight excluding hydrogens is 208 g/mol. The smallest absolute Gasteiger partial charge is 0.354 e. The van der Waals surface area contributed by atoms with Gasteiger partial charge < -0.3 is 10.4 Å². The number of aromatic carboxylic acids is 1. The van der Waals surface area contributed by atoms with Gasteiger partial charge in [0.15, 0.2) is 0 Å². The van der Waals surface area contributed by atoms with Crippen molar-refractivity contribution in [2.75, 3.05) is 26.2 Å². The summed E-state index contributed by atoms with van der Waals surface area (Å²) in [6, 6.07) is 1.64. The first kappa shape index (κ1) is 11.1. The molecule has 16 heavy (non-hydrogen) atoms. The summed E-state index contributed by atoms with van der Waals surface area (Å²) in [4.78, 5) is 13.1. The largest absolute Gasteiger partial charge is 0.477 e. The standard InChI is InChI=1S/C10H16N4O2/c1-13-9(10(15)16)6-8(12-13)7-14-4-2-11-3-5-14/h6,11H,2-5,7H2,1H3,(H,15,16). The molecule has 1 saturated heterocycles. The normalized spacial score (nSPS) is 17.6. The van der Waals surface area contributed by atoms with E-state index in [9.17, 15) is 4.79 Å². The molecule has 1 aromatic heterocycles. The van der Waals surface area contributed by atoms with Gasteiger partial charge in [0.1, 0.15) is 5.69 Å². The van der Waals surface area contributed by atoms with Gasteiger partial charge >= 0.3 is 5.97 Å². The maximum Gasteiger partial charge on any atom is 0.354 e. The molecule has 0 spiro atoms. The maximum atomic E-state index is 10.8. The number of nitrogens with one attached hydrogen (secondary N) is 1. The summed E-state index contributed by atoms with van der Waals surface area (Å²) in [6.45, 7) is 4.66. The van der Waals surface area contributed by atoms with Crippen LogP contribution < -0.4 is 5.32 Å². The number of aromatic nitrogens is 2. The van der Waals surface area contributed by atoms with Gasteiger partial charge in [0.05, 0.1) is 5.69 Å². The highest BCUT2D eigenvalue weighted by Crippen LogP contribution is 2.07. The zero-order valence-corrected chi connectivity index (χ0v) is 9.31. The summed E-state index contributed by atoms with van der Waals surface area (Å²) < 4.78 is 1.42. The Bertz CT molecular complexity index is 382. The lowest BCUT2D eigenvalue weighted by atomic mass is 10.3. The van der Waals surface area contributed by atoms with Crippen LogP contribution in [-0.2, 0) is 13.6 Å². The number of hydrogen-bond acceptors (Lipinski definition) is 4. The molecular formula is C10H16N4O2. The van der Waals surface area contributed by atoms with Crippen LogP contribution in [0.2, 0.25) is 0 Å². The zero-order chi connectivity index (χ0) is 11.5. The second-order valence-corrected chi connectivity index (χ2v) is 3.98. The second-order valence-electron chi connectivity index (χ2n) is 3.98. The van der Waals surface area contributed by atoms with Gasteiger partial charge in [0.2, 0.25) is 0 Å². The van der Waals surface area contributed by atoms with E-state index in [-0.39, 0.29) is 5.69 Å². The molecule has 6 heteroatoms. The third-order valence-corrected chi connectivity index (χ3v) is 2.74. The predicted molar refractivity (Wildman–Crippen MR) is 58.3 cm³/mol. The van der Waals surface area contributed by atoms with Crippen LogP contribution in [0.4, 0.5) is 0 Å². The molecule has 2 heterocycles. The average Bonchev–Trinajstić information content (AvgIpc) is 2.61. The lowest BCUT2D eigenvalue weighted by Crippen LogP contribution is -2.42. The minimum absolute atomic E-state index is 0.241. The second kappa shape index (κ2) is 4.63. The van der Waals surface area contributed by atoms with E-state index >= 15 is 0 Å². The molecule has 0 saturated carbocycles. The molecule has 88 valence electrons. The number of carboxylic acid groups (broad SMARTS) is 1. The number of rotatable bonds is 3. The quantitative estimate of drug-likeness (QED) is 0.726. The highest BCUT2D eigenvalue weighted by molar-refractivity contribution is 5.85. The Balaban J connectivity index is 2.03. The van der Waals surface area contributed by atoms with Crippen LogP contribution in [0.25, 0.3) is 0 Å². The van der Waals surface area contributed by atoms with Crippen molar-refractivity contribution in [2.45, 2.75) is 6.54 Å². The Hall–Kier alpha value is -1.40. The number of nitrogens with zero attached hydrogens (tertiary/aromatic N) is 3. The molecule has 1 fully saturated rings. The van der Waals surface area contributed by atoms with E-state index in [0.717, 1.165) is 38.4 Å². The summed E-state index contributed by atoms with van der Waals surface area (Å²) in [6.07, 6.45) is 0. The number of carboxylic acids is 1. The minimum atomic E-state index is -0.929. The number of hydrogen-bond donors (Lipinski definition) is 2. The van der Waals surface area contributed by atoms with Crippen molar-refractivity contribution in [2.24, 2.45) is 7.05 Å². The van der Waals surface area contributed by atoms with Crippen molar-refractivity contribution in [3.05, 3.63) is 17.5 Å². The van der Waals surface area contributed by atoms with Crippen molar-refractivity contribution >= 4 is 5.97 Å². The Morgan fingerprint density at radius 1 is 1.56 bits per heavy atom. The number of aryl methyl sites for hydroxylation is 1. The summed E-state index contributed by atoms with van der Waals surface area (Å²) in [5.41, 5.74) is 1.06. The first-order valence-corrected chi connectivity index (χ1v) is 5.36. The molecule has 1 aliphatic rings. The fourth-order valence-electron chi connectivity index (χ4n) is 1.90. The van der Waals surface area contributed by atoms with Crippen molar-refractivity contribution in [1.29, 1.82) is 0 Å². The van der Waals surface area contributed by atoms with Crippen molar-refractivity contribution in [3.8, 4) is 0 Å². The Morgan fingerprint density at radius 3 is 2.81 bits per heavy atom. The molecule has 2 rings (SSSR count). The molecule has 6 nitrogen and oxygen atoms in total. The lowest BCUT2D eigenvalue weighted by molar-refractivity contribution is 0.0685. The molecule has 0 atom stereocenters. The van der Waals surface area contributed by atoms with E-state index in [1.54, 1.807) is 13.1 Å². The summed E-state index contributed by atoms with van der Waals surface area (Å²) in [5, 5.41) is 16.4. The molecule has 0 radical (unpaired) electrons. The molecule has 2 N–H and O–H groups in total. The lowest BCUT2D eigenvalue weighted by Gasteiger charge is -2.26. The van der Waals surface area contributed by atoms with Crippen LogP contribution in [0.3, 0.4) is 0 Å². The van der Waals surface area contributed by atoms with Crippen molar-refractivity contribution < 1.29 is 9.90 Å². The van der Waals surface area contributed by atoms with Crippen LogP contribution in [0, 0.1) is 0 Å². The van der Waals surface area contributed by atoms with Gasteiger partial charge in [0.25, 0.3) is 0 Å². The topological polar surface area (TPSA) is 70.4 Å². The molecule has 0 bridgehead atoms. The van der Waals surface area contributed by atoms with Gasteiger partial charge in [0, 0.05) is 39.8 Å². The highest BCUT2D eigenvalue weighted by Gasteiger charge is 2.15. The van der Waals surface area contributed by atoms with Gasteiger partial charge in [-0.25, -0.2) is 4.79 Å². The molecule has 0 amide bonds. The minimum Gasteiger partial charge on any atom is -0.477 e. The zero-order valence-electron chi connectivity index (χ0n) is 9.31. The van der Waals surface area contributed by atoms with Gasteiger partial charge in [-0.05, 0) is 6.07 Å². The average molecular weight is 224 g/mol. The van der Waals surface area contributed by atoms with Crippen LogP contribution in [0.15, 0.2) is 6.07 Å². The van der Waals surface area contributed by atoms with Gasteiger partial charge in [-0.15, -0.1) is 0 Å². The van der Waals surface area contributed by atoms with E-state index in [1.165, 1.54) is 4.68 Å². The Labute approximate surface area is 93.9 Å². The fraction of sp³-hybridized carbons (Fsp3) is 0.600. The number of carbonyl (C=O) groups is 1. The predicted octanol–water partition coefficient (Wildman–Crippen LogP) is -0.476. The van der Waals surface area contributed by atoms with Gasteiger partial charge in [-0.3, -0.25) is 9.58 Å². The molecule has 0 aliphatic carbocycles. The van der Waals surface area contributed by atoms with Crippen LogP contribution >= 0.6 is 0 Å². The fourth-order valence-corrected chi connectivity index (χ4v) is 1.90. The summed E-state index contributed by atoms with van der Waals surface area (Å²) in [7, 11) is 1.66. The van der Waals surface area contributed by atoms with Crippen LogP contribution in [-0.4, -0.2) is 51.9 Å². The van der Waals surface area contributed by atoms with Crippen molar-refractivity contribution in [1.82, 2.24) is 20.0 Å². The SMILES string of the molecule is Cn1nc(CN2CCNCC2)cc1C(=O)O. The van der Waals surface area contributed by atoms with E-state index < -0.39 is 5.97 Å².